The van der Waals surface area contributed by atoms with Gasteiger partial charge >= 0.3 is 6.09 Å². The number of carbonyl (C=O) groups excluding carboxylic acids is 1. The average molecular weight is 1630 g/mol. The fourth-order valence-electron chi connectivity index (χ4n) is 17.3. The summed E-state index contributed by atoms with van der Waals surface area (Å²) < 4.78 is 45.1. The van der Waals surface area contributed by atoms with Crippen molar-refractivity contribution in [1.29, 1.82) is 0 Å². The van der Waals surface area contributed by atoms with Crippen molar-refractivity contribution in [1.82, 2.24) is 14.7 Å². The van der Waals surface area contributed by atoms with Gasteiger partial charge in [0.1, 0.15) is 5.60 Å². The molecule has 0 spiro atoms. The molecule has 8 nitrogen and oxygen atoms in total. The van der Waals surface area contributed by atoms with Crippen LogP contribution in [0.5, 0.6) is 0 Å². The van der Waals surface area contributed by atoms with Crippen LogP contribution in [-0.4, -0.2) is 111 Å². The Kier molecular flexibility index (Phi) is 64.5. The smallest absolute Gasteiger partial charge is 0.410 e. The van der Waals surface area contributed by atoms with Crippen LogP contribution < -0.4 is 0 Å². The number of fused-ring (bicyclic) bond motifs is 2. The van der Waals surface area contributed by atoms with Crippen LogP contribution in [0.25, 0.3) is 0 Å². The molecule has 18 rings (SSSR count). The third kappa shape index (κ3) is 64.2. The molecule has 11 saturated carbocycles. The number of benzene rings is 2. The normalized spacial score (nSPS) is 24.2. The van der Waals surface area contributed by atoms with E-state index >= 15 is 0 Å². The van der Waals surface area contributed by atoms with Crippen LogP contribution >= 0.6 is 0 Å². The standard InChI is InChI=1S/C12H17N.C11H14O.C10H19NO2.C9H18.2C8H16.C7H12.2C7H14.C6H10F2.C6H13N.C5H10O.C4H8.C3H6O.C3H6/c1-3-7-12(8-4-1)11-13-9-5-2-6-10-13;1-2-5-10(6-3-1)9-12-11-7-4-8-11;1-10(2,3)13-9(12)11-7-5-4-6-8-11;1-8(2)9-6-4-3-5-7-9;1-8(2)6-4-3-5-7-8;1-2-4-6-8-7-5-3-1;1-2-7-4-3-6(1)5-7;1-7-5-3-2-4-6-7;1-2-4-6-7-5-3-1;7-6(8)4-2-1-3-5-6;1-7-5-3-2-4-6-7;1-2-4-6-5-3-1;2*1-2-4-3-1;1-2-3-1/h1,3-4,7-8H,2,5-6,9-11H2;1-3,5-6,11H,4,7-9H2;4-8H2,1-3H3;8-9H,3-7H2,1-2H3;3-7H2,1-2H3;1-8H2;6-7H,1-5H2;7H,2-6H2,1H3;1-7H2;1-5H2;2-6H2,1H3;1-5H2;1-4H2;1-3H2;1-3H2. The predicted octanol–water partition coefficient (Wildman–Crippen LogP) is 32.7. The molecule has 5 heterocycles. The van der Waals surface area contributed by atoms with Crippen molar-refractivity contribution in [3.63, 3.8) is 0 Å². The van der Waals surface area contributed by atoms with Crippen LogP contribution in [0.4, 0.5) is 13.6 Å². The van der Waals surface area contributed by atoms with Gasteiger partial charge in [0.25, 0.3) is 0 Å². The van der Waals surface area contributed by atoms with E-state index in [2.05, 4.69) is 106 Å². The first kappa shape index (κ1) is 106. The summed E-state index contributed by atoms with van der Waals surface area (Å²) in [5, 5.41) is 0. The Bertz CT molecular complexity index is 2260. The van der Waals surface area contributed by atoms with Crippen LogP contribution in [0.15, 0.2) is 60.7 Å². The first-order valence-electron chi connectivity index (χ1n) is 51.0. The molecule has 2 bridgehead atoms. The van der Waals surface area contributed by atoms with Gasteiger partial charge < -0.3 is 28.7 Å². The lowest BCUT2D eigenvalue weighted by molar-refractivity contribution is -0.0337. The second kappa shape index (κ2) is 70.7. The minimum atomic E-state index is -2.32. The topological polar surface area (TPSA) is 63.7 Å². The number of alkyl halides is 2. The molecular formula is C106H193F2N3O5. The van der Waals surface area contributed by atoms with Gasteiger partial charge in [-0.05, 0) is 222 Å². The van der Waals surface area contributed by atoms with Crippen molar-refractivity contribution in [2.24, 2.45) is 35.0 Å². The number of piperidine rings is 3. The third-order valence-corrected chi connectivity index (χ3v) is 26.3. The van der Waals surface area contributed by atoms with E-state index in [-0.39, 0.29) is 24.5 Å². The Morgan fingerprint density at radius 2 is 0.759 bits per heavy atom. The quantitative estimate of drug-likeness (QED) is 0.267. The summed E-state index contributed by atoms with van der Waals surface area (Å²) in [6.45, 7) is 30.4. The molecule has 0 N–H and O–H groups in total. The molecule has 0 radical (unpaired) electrons. The van der Waals surface area contributed by atoms with Crippen molar-refractivity contribution in [2.75, 3.05) is 72.7 Å². The summed E-state index contributed by atoms with van der Waals surface area (Å²) in [4.78, 5) is 18.3. The maximum atomic E-state index is 12.2. The van der Waals surface area contributed by atoms with Crippen molar-refractivity contribution >= 4 is 6.09 Å². The maximum Gasteiger partial charge on any atom is 0.410 e. The van der Waals surface area contributed by atoms with E-state index in [9.17, 15) is 13.6 Å². The number of hydrogen-bond acceptors (Lipinski definition) is 7. The van der Waals surface area contributed by atoms with Crippen molar-refractivity contribution < 1.29 is 32.5 Å². The molecule has 5 saturated heterocycles. The number of likely N-dealkylation sites (tertiary alicyclic amines) is 3. The van der Waals surface area contributed by atoms with Gasteiger partial charge in [-0.15, -0.1) is 0 Å². The highest BCUT2D eigenvalue weighted by molar-refractivity contribution is 5.68. The summed E-state index contributed by atoms with van der Waals surface area (Å²) in [6, 6.07) is 21.1. The van der Waals surface area contributed by atoms with E-state index < -0.39 is 5.92 Å². The monoisotopic (exact) mass is 1630 g/mol. The molecule has 1 amide bonds. The van der Waals surface area contributed by atoms with Crippen LogP contribution in [-0.2, 0) is 32.1 Å². The van der Waals surface area contributed by atoms with Gasteiger partial charge in [-0.2, -0.15) is 0 Å². The van der Waals surface area contributed by atoms with Crippen molar-refractivity contribution in [3.8, 4) is 0 Å². The minimum absolute atomic E-state index is 0.118. The number of ether oxygens (including phenoxy) is 4. The molecule has 5 aliphatic heterocycles. The van der Waals surface area contributed by atoms with E-state index in [0.29, 0.717) is 24.4 Å². The van der Waals surface area contributed by atoms with E-state index in [1.54, 1.807) is 37.0 Å². The molecule has 16 fully saturated rings. The number of carbonyl (C=O) groups is 1. The zero-order chi connectivity index (χ0) is 83.4. The van der Waals surface area contributed by atoms with E-state index in [1.807, 2.05) is 26.8 Å². The molecule has 11 aliphatic carbocycles. The molecular weight excluding hydrogens is 1430 g/mol. The number of halogens is 2. The second-order valence-electron chi connectivity index (χ2n) is 40.1. The third-order valence-electron chi connectivity index (χ3n) is 26.3. The molecule has 2 aromatic rings. The minimum Gasteiger partial charge on any atom is -0.444 e. The zero-order valence-electron chi connectivity index (χ0n) is 78.4. The Balaban J connectivity index is 0.000000265. The fraction of sp³-hybridized carbons (Fsp3) is 0.877. The molecule has 16 aliphatic rings. The van der Waals surface area contributed by atoms with Crippen LogP contribution in [0.1, 0.15) is 471 Å². The molecule has 116 heavy (non-hydrogen) atoms. The summed E-state index contributed by atoms with van der Waals surface area (Å²) in [5.74, 6) is 3.05. The first-order chi connectivity index (χ1) is 56.3. The summed E-state index contributed by atoms with van der Waals surface area (Å²) in [7, 11) is 2.19. The Morgan fingerprint density at radius 1 is 0.414 bits per heavy atom. The molecule has 0 atom stereocenters. The maximum absolute atomic E-state index is 12.2. The van der Waals surface area contributed by atoms with Gasteiger partial charge in [0.15, 0.2) is 0 Å². The number of nitrogens with zero attached hydrogens (tertiary/aromatic N) is 3. The second-order valence-corrected chi connectivity index (χ2v) is 40.1. The first-order valence-corrected chi connectivity index (χ1v) is 51.0. The molecule has 2 aromatic carbocycles. The number of amides is 1. The van der Waals surface area contributed by atoms with Crippen LogP contribution in [0.3, 0.4) is 0 Å². The van der Waals surface area contributed by atoms with Crippen LogP contribution in [0.2, 0.25) is 0 Å². The molecule has 0 unspecified atom stereocenters. The Morgan fingerprint density at radius 3 is 1.02 bits per heavy atom. The van der Waals surface area contributed by atoms with Gasteiger partial charge in [-0.1, -0.05) is 365 Å². The fourth-order valence-corrected chi connectivity index (χ4v) is 17.3. The molecule has 10 heteroatoms. The summed E-state index contributed by atoms with van der Waals surface area (Å²) >= 11 is 0. The lowest BCUT2D eigenvalue weighted by Gasteiger charge is -2.29. The van der Waals surface area contributed by atoms with Gasteiger partial charge in [-0.3, -0.25) is 4.90 Å². The van der Waals surface area contributed by atoms with Crippen molar-refractivity contribution in [3.05, 3.63) is 71.8 Å². The van der Waals surface area contributed by atoms with Crippen LogP contribution in [0, 0.1) is 35.0 Å². The lowest BCUT2D eigenvalue weighted by atomic mass is 9.78. The van der Waals surface area contributed by atoms with E-state index in [1.165, 1.54) is 377 Å². The zero-order valence-corrected chi connectivity index (χ0v) is 78.4. The van der Waals surface area contributed by atoms with Gasteiger partial charge in [0, 0.05) is 58.9 Å². The van der Waals surface area contributed by atoms with E-state index in [4.69, 9.17) is 18.9 Å². The lowest BCUT2D eigenvalue weighted by Crippen LogP contribution is -2.39. The molecule has 676 valence electrons. The highest BCUT2D eigenvalue weighted by Gasteiger charge is 2.32. The Labute approximate surface area is 719 Å². The summed E-state index contributed by atoms with van der Waals surface area (Å²) in [6.07, 6.45) is 87.1. The van der Waals surface area contributed by atoms with Gasteiger partial charge in [0.05, 0.1) is 12.7 Å². The largest absolute Gasteiger partial charge is 0.444 e. The van der Waals surface area contributed by atoms with E-state index in [0.717, 1.165) is 89.7 Å². The van der Waals surface area contributed by atoms with Gasteiger partial charge in [-0.25, -0.2) is 13.6 Å². The Hall–Kier alpha value is -2.63. The highest BCUT2D eigenvalue weighted by Crippen LogP contribution is 2.44. The summed E-state index contributed by atoms with van der Waals surface area (Å²) in [5.41, 5.74) is 3.04. The SMILES string of the molecule is C1CC1.C1CC2CCC1C2.C1CCC1.C1CCCCCC1.C1CCCCCCC1.C1CCOCC1.C1COC1.CC(C)(C)OC(=O)N1CCCCC1.CC(C)C1CCCCC1.CC1(C)CCCCC1.CC1CCCCC1.CN1CCCCC1.FC1(F)CCCCC1.c1ccc(CN2CCCCC2)cc1.c1ccc(COC2CCC2)cc1. The van der Waals surface area contributed by atoms with Gasteiger partial charge in [0.2, 0.25) is 5.92 Å². The number of rotatable bonds is 6. The van der Waals surface area contributed by atoms with Crippen molar-refractivity contribution in [2.45, 2.75) is 491 Å². The molecule has 0 aromatic heterocycles. The predicted molar refractivity (Wildman–Crippen MR) is 498 cm³/mol. The average Bonchev–Trinajstić information content (AvgIpc) is 1.70. The highest BCUT2D eigenvalue weighted by atomic mass is 19.3. The number of hydrogen-bond donors (Lipinski definition) is 0.